The molecule has 1 N–H and O–H groups in total. The molecule has 0 saturated heterocycles. The second-order valence-corrected chi connectivity index (χ2v) is 6.53. The second kappa shape index (κ2) is 6.64. The number of rotatable bonds is 6. The van der Waals surface area contributed by atoms with E-state index in [2.05, 4.69) is 19.2 Å². The molecular formula is C13H25NO2S. The van der Waals surface area contributed by atoms with Crippen molar-refractivity contribution in [1.29, 1.82) is 0 Å². The van der Waals surface area contributed by atoms with Gasteiger partial charge in [0.1, 0.15) is 5.54 Å². The molecule has 1 saturated carbocycles. The average Bonchev–Trinajstić information content (AvgIpc) is 2.71. The Morgan fingerprint density at radius 3 is 2.82 bits per heavy atom. The van der Waals surface area contributed by atoms with Gasteiger partial charge in [-0.1, -0.05) is 20.8 Å². The maximum atomic E-state index is 11.9. The van der Waals surface area contributed by atoms with Crippen molar-refractivity contribution < 1.29 is 9.53 Å². The fourth-order valence-corrected chi connectivity index (χ4v) is 3.77. The molecule has 0 heterocycles. The van der Waals surface area contributed by atoms with Crippen molar-refractivity contribution in [2.75, 3.05) is 19.4 Å². The maximum absolute atomic E-state index is 11.9. The van der Waals surface area contributed by atoms with Gasteiger partial charge < -0.3 is 10.1 Å². The first-order chi connectivity index (χ1) is 8.04. The lowest BCUT2D eigenvalue weighted by molar-refractivity contribution is -0.148. The lowest BCUT2D eigenvalue weighted by Gasteiger charge is -2.27. The van der Waals surface area contributed by atoms with Crippen molar-refractivity contribution in [3.63, 3.8) is 0 Å². The minimum absolute atomic E-state index is 0.0907. The number of hydrogen-bond acceptors (Lipinski definition) is 4. The van der Waals surface area contributed by atoms with E-state index in [9.17, 15) is 4.79 Å². The summed E-state index contributed by atoms with van der Waals surface area (Å²) >= 11 is 2.00. The Bertz CT molecular complexity index is 258. The van der Waals surface area contributed by atoms with Gasteiger partial charge in [0.05, 0.1) is 7.11 Å². The SMILES string of the molecule is CCNC1(C(=O)OC)CCC(SCC(C)C)C1. The third kappa shape index (κ3) is 3.88. The van der Waals surface area contributed by atoms with Crippen LogP contribution < -0.4 is 5.32 Å². The summed E-state index contributed by atoms with van der Waals surface area (Å²) in [7, 11) is 1.48. The summed E-state index contributed by atoms with van der Waals surface area (Å²) in [5.74, 6) is 1.80. The van der Waals surface area contributed by atoms with Gasteiger partial charge in [-0.3, -0.25) is 4.79 Å². The molecule has 0 aromatic carbocycles. The highest BCUT2D eigenvalue weighted by Crippen LogP contribution is 2.38. The summed E-state index contributed by atoms with van der Waals surface area (Å²) in [5, 5.41) is 3.93. The van der Waals surface area contributed by atoms with Gasteiger partial charge in [0.2, 0.25) is 0 Å². The van der Waals surface area contributed by atoms with Crippen LogP contribution in [0.25, 0.3) is 0 Å². The molecule has 1 rings (SSSR count). The monoisotopic (exact) mass is 259 g/mol. The van der Waals surface area contributed by atoms with Crippen LogP contribution in [-0.2, 0) is 9.53 Å². The van der Waals surface area contributed by atoms with Crippen LogP contribution in [-0.4, -0.2) is 36.2 Å². The summed E-state index contributed by atoms with van der Waals surface area (Å²) in [6, 6.07) is 0. The van der Waals surface area contributed by atoms with Crippen LogP contribution in [0, 0.1) is 5.92 Å². The van der Waals surface area contributed by atoms with Gasteiger partial charge in [-0.15, -0.1) is 0 Å². The van der Waals surface area contributed by atoms with E-state index in [1.54, 1.807) is 0 Å². The molecule has 17 heavy (non-hydrogen) atoms. The maximum Gasteiger partial charge on any atom is 0.326 e. The third-order valence-corrected chi connectivity index (χ3v) is 4.96. The van der Waals surface area contributed by atoms with E-state index in [0.29, 0.717) is 11.2 Å². The van der Waals surface area contributed by atoms with Gasteiger partial charge in [-0.25, -0.2) is 0 Å². The number of ether oxygens (including phenoxy) is 1. The number of hydrogen-bond donors (Lipinski definition) is 1. The highest BCUT2D eigenvalue weighted by Gasteiger charge is 2.45. The van der Waals surface area contributed by atoms with E-state index in [-0.39, 0.29) is 5.97 Å². The van der Waals surface area contributed by atoms with Crippen molar-refractivity contribution in [1.82, 2.24) is 5.32 Å². The molecule has 100 valence electrons. The molecule has 0 aliphatic heterocycles. The number of thioether (sulfide) groups is 1. The first-order valence-corrected chi connectivity index (χ1v) is 7.54. The van der Waals surface area contributed by atoms with E-state index in [4.69, 9.17) is 4.74 Å². The van der Waals surface area contributed by atoms with E-state index in [1.165, 1.54) is 12.9 Å². The Kier molecular flexibility index (Phi) is 5.80. The molecule has 2 atom stereocenters. The number of nitrogens with one attached hydrogen (secondary N) is 1. The Balaban J connectivity index is 2.55. The van der Waals surface area contributed by atoms with Crippen LogP contribution in [0.2, 0.25) is 0 Å². The minimum atomic E-state index is -0.419. The minimum Gasteiger partial charge on any atom is -0.468 e. The standard InChI is InChI=1S/C13H25NO2S/c1-5-14-13(12(15)16-4)7-6-11(8-13)17-9-10(2)3/h10-11,14H,5-9H2,1-4H3. The van der Waals surface area contributed by atoms with Crippen LogP contribution in [0.5, 0.6) is 0 Å². The van der Waals surface area contributed by atoms with Crippen LogP contribution in [0.1, 0.15) is 40.0 Å². The number of esters is 1. The summed E-state index contributed by atoms with van der Waals surface area (Å²) in [6.45, 7) is 7.33. The molecule has 0 radical (unpaired) electrons. The predicted octanol–water partition coefficient (Wildman–Crippen LogP) is 2.45. The number of likely N-dealkylation sites (N-methyl/N-ethyl adjacent to an activating group) is 1. The molecule has 2 unspecified atom stereocenters. The first-order valence-electron chi connectivity index (χ1n) is 6.49. The number of carbonyl (C=O) groups excluding carboxylic acids is 1. The highest BCUT2D eigenvalue weighted by molar-refractivity contribution is 7.99. The lowest BCUT2D eigenvalue weighted by Crippen LogP contribution is -2.50. The molecule has 0 bridgehead atoms. The van der Waals surface area contributed by atoms with Crippen LogP contribution in [0.4, 0.5) is 0 Å². The summed E-state index contributed by atoms with van der Waals surface area (Å²) in [4.78, 5) is 11.9. The van der Waals surface area contributed by atoms with E-state index in [1.807, 2.05) is 18.7 Å². The zero-order valence-corrected chi connectivity index (χ0v) is 12.2. The fraction of sp³-hybridized carbons (Fsp3) is 0.923. The Morgan fingerprint density at radius 1 is 1.59 bits per heavy atom. The molecule has 0 spiro atoms. The Hall–Kier alpha value is -0.220. The van der Waals surface area contributed by atoms with Crippen molar-refractivity contribution in [3.05, 3.63) is 0 Å². The second-order valence-electron chi connectivity index (χ2n) is 5.20. The average molecular weight is 259 g/mol. The number of methoxy groups -OCH3 is 1. The summed E-state index contributed by atoms with van der Waals surface area (Å²) in [6.07, 6.45) is 2.92. The largest absolute Gasteiger partial charge is 0.468 e. The normalized spacial score (nSPS) is 28.6. The molecule has 1 aliphatic carbocycles. The predicted molar refractivity (Wildman–Crippen MR) is 73.4 cm³/mol. The fourth-order valence-electron chi connectivity index (χ4n) is 2.42. The van der Waals surface area contributed by atoms with Crippen molar-refractivity contribution in [2.24, 2.45) is 5.92 Å². The van der Waals surface area contributed by atoms with Gasteiger partial charge in [0, 0.05) is 5.25 Å². The van der Waals surface area contributed by atoms with Gasteiger partial charge in [-0.2, -0.15) is 11.8 Å². The highest BCUT2D eigenvalue weighted by atomic mass is 32.2. The van der Waals surface area contributed by atoms with Gasteiger partial charge in [-0.05, 0) is 37.5 Å². The van der Waals surface area contributed by atoms with Crippen LogP contribution in [0.3, 0.4) is 0 Å². The molecule has 3 nitrogen and oxygen atoms in total. The topological polar surface area (TPSA) is 38.3 Å². The quantitative estimate of drug-likeness (QED) is 0.744. The van der Waals surface area contributed by atoms with E-state index >= 15 is 0 Å². The first kappa shape index (κ1) is 14.8. The summed E-state index contributed by atoms with van der Waals surface area (Å²) < 4.78 is 4.95. The van der Waals surface area contributed by atoms with Crippen LogP contribution >= 0.6 is 11.8 Å². The van der Waals surface area contributed by atoms with Crippen LogP contribution in [0.15, 0.2) is 0 Å². The van der Waals surface area contributed by atoms with Crippen molar-refractivity contribution >= 4 is 17.7 Å². The third-order valence-electron chi connectivity index (χ3n) is 3.23. The Morgan fingerprint density at radius 2 is 2.29 bits per heavy atom. The smallest absolute Gasteiger partial charge is 0.326 e. The molecule has 0 aromatic rings. The van der Waals surface area contributed by atoms with E-state index < -0.39 is 5.54 Å². The Labute approximate surface area is 109 Å². The lowest BCUT2D eigenvalue weighted by atomic mass is 9.98. The molecule has 1 fully saturated rings. The van der Waals surface area contributed by atoms with Gasteiger partial charge in [0.15, 0.2) is 0 Å². The molecule has 4 heteroatoms. The van der Waals surface area contributed by atoms with Crippen molar-refractivity contribution in [2.45, 2.75) is 50.8 Å². The molecular weight excluding hydrogens is 234 g/mol. The van der Waals surface area contributed by atoms with E-state index in [0.717, 1.165) is 25.8 Å². The zero-order chi connectivity index (χ0) is 12.9. The van der Waals surface area contributed by atoms with Crippen molar-refractivity contribution in [3.8, 4) is 0 Å². The van der Waals surface area contributed by atoms with Gasteiger partial charge >= 0.3 is 5.97 Å². The molecule has 1 aliphatic rings. The van der Waals surface area contributed by atoms with Gasteiger partial charge in [0.25, 0.3) is 0 Å². The summed E-state index contributed by atoms with van der Waals surface area (Å²) in [5.41, 5.74) is -0.419. The molecule has 0 amide bonds. The zero-order valence-electron chi connectivity index (χ0n) is 11.4. The number of carbonyl (C=O) groups is 1. The molecule has 0 aromatic heterocycles.